The van der Waals surface area contributed by atoms with Gasteiger partial charge in [0.1, 0.15) is 11.1 Å². The van der Waals surface area contributed by atoms with E-state index in [1.54, 1.807) is 57.7 Å². The number of halogens is 1. The van der Waals surface area contributed by atoms with Crippen molar-refractivity contribution in [3.63, 3.8) is 0 Å². The molecule has 0 radical (unpaired) electrons. The molecule has 9 nitrogen and oxygen atoms in total. The molecule has 38 heavy (non-hydrogen) atoms. The smallest absolute Gasteiger partial charge is 0.435 e. The lowest BCUT2D eigenvalue weighted by molar-refractivity contribution is 0.0522. The summed E-state index contributed by atoms with van der Waals surface area (Å²) in [4.78, 5) is 26.0. The van der Waals surface area contributed by atoms with Crippen molar-refractivity contribution >= 4 is 51.7 Å². The predicted octanol–water partition coefficient (Wildman–Crippen LogP) is 6.13. The van der Waals surface area contributed by atoms with Crippen LogP contribution in [0.3, 0.4) is 0 Å². The quantitative estimate of drug-likeness (QED) is 0.278. The van der Waals surface area contributed by atoms with Gasteiger partial charge in [-0.05, 0) is 70.0 Å². The Morgan fingerprint density at radius 3 is 2.68 bits per heavy atom. The number of rotatable bonds is 6. The molecule has 0 fully saturated rings. The standard InChI is InChI=1S/C28H27ClN6O3/c1-28(2,3)38-27(36)35-24-20(29)10-8-17(23(24)21(34-35)6-4-12-30)7-9-19-18-11-15-31-16-22(18)37-25(19)26-32-13-5-14-33-26/h5,7-11,13-16H,4,6,12,30H2,1-3H3/b9-7-. The average molecular weight is 531 g/mol. The SMILES string of the molecule is CC(C)(C)OC(=O)n1nc(CCCN)c2c(/C=C\c3c(-c4ncccn4)oc4cnccc34)ccc(Cl)c21. The van der Waals surface area contributed by atoms with Gasteiger partial charge >= 0.3 is 6.09 Å². The highest BCUT2D eigenvalue weighted by molar-refractivity contribution is 6.35. The first-order valence-corrected chi connectivity index (χ1v) is 12.6. The number of aryl methyl sites for hydroxylation is 1. The van der Waals surface area contributed by atoms with E-state index in [2.05, 4.69) is 20.1 Å². The molecule has 10 heteroatoms. The molecule has 0 amide bonds. The van der Waals surface area contributed by atoms with E-state index in [0.717, 1.165) is 21.9 Å². The van der Waals surface area contributed by atoms with E-state index >= 15 is 0 Å². The highest BCUT2D eigenvalue weighted by atomic mass is 35.5. The van der Waals surface area contributed by atoms with E-state index < -0.39 is 11.7 Å². The summed E-state index contributed by atoms with van der Waals surface area (Å²) in [5.74, 6) is 0.994. The minimum Gasteiger partial charge on any atom is -0.450 e. The van der Waals surface area contributed by atoms with Gasteiger partial charge in [0.2, 0.25) is 0 Å². The molecule has 0 unspecified atom stereocenters. The van der Waals surface area contributed by atoms with E-state index in [-0.39, 0.29) is 0 Å². The predicted molar refractivity (Wildman–Crippen MR) is 148 cm³/mol. The van der Waals surface area contributed by atoms with Crippen LogP contribution in [0, 0.1) is 0 Å². The van der Waals surface area contributed by atoms with Crippen LogP contribution in [0.2, 0.25) is 5.02 Å². The van der Waals surface area contributed by atoms with Crippen LogP contribution in [0.15, 0.2) is 53.5 Å². The maximum atomic E-state index is 13.1. The lowest BCUT2D eigenvalue weighted by Gasteiger charge is -2.19. The number of fused-ring (bicyclic) bond motifs is 2. The molecule has 0 saturated carbocycles. The maximum Gasteiger partial charge on any atom is 0.435 e. The molecule has 1 aromatic carbocycles. The minimum atomic E-state index is -0.691. The number of benzene rings is 1. The van der Waals surface area contributed by atoms with Gasteiger partial charge in [-0.3, -0.25) is 4.98 Å². The van der Waals surface area contributed by atoms with Gasteiger partial charge in [-0.25, -0.2) is 14.8 Å². The van der Waals surface area contributed by atoms with E-state index in [1.807, 2.05) is 24.3 Å². The highest BCUT2D eigenvalue weighted by Crippen LogP contribution is 2.35. The summed E-state index contributed by atoms with van der Waals surface area (Å²) in [5.41, 5.74) is 8.56. The fourth-order valence-electron chi connectivity index (χ4n) is 4.23. The van der Waals surface area contributed by atoms with Gasteiger partial charge in [-0.2, -0.15) is 9.78 Å². The molecule has 0 aliphatic carbocycles. The number of carbonyl (C=O) groups excluding carboxylic acids is 1. The van der Waals surface area contributed by atoms with Crippen LogP contribution < -0.4 is 5.73 Å². The number of nitrogens with zero attached hydrogens (tertiary/aromatic N) is 5. The molecule has 0 spiro atoms. The topological polar surface area (TPSA) is 122 Å². The van der Waals surface area contributed by atoms with Crippen LogP contribution >= 0.6 is 11.6 Å². The van der Waals surface area contributed by atoms with Crippen LogP contribution in [0.1, 0.15) is 44.0 Å². The van der Waals surface area contributed by atoms with Gasteiger partial charge < -0.3 is 14.9 Å². The molecule has 5 rings (SSSR count). The molecule has 2 N–H and O–H groups in total. The minimum absolute atomic E-state index is 0.396. The number of hydrogen-bond acceptors (Lipinski definition) is 8. The Kier molecular flexibility index (Phi) is 6.96. The Morgan fingerprint density at radius 2 is 1.95 bits per heavy atom. The van der Waals surface area contributed by atoms with Crippen LogP contribution in [-0.2, 0) is 11.2 Å². The molecule has 0 aliphatic rings. The Balaban J connectivity index is 1.68. The molecule has 4 aromatic heterocycles. The van der Waals surface area contributed by atoms with E-state index in [9.17, 15) is 4.79 Å². The Labute approximate surface area is 224 Å². The molecule has 194 valence electrons. The second-order valence-corrected chi connectivity index (χ2v) is 10.1. The number of pyridine rings is 1. The summed E-state index contributed by atoms with van der Waals surface area (Å²) in [6.07, 6.45) is 11.3. The van der Waals surface area contributed by atoms with E-state index in [1.165, 1.54) is 4.68 Å². The zero-order valence-electron chi connectivity index (χ0n) is 21.3. The van der Waals surface area contributed by atoms with Crippen molar-refractivity contribution in [1.29, 1.82) is 0 Å². The number of aromatic nitrogens is 5. The van der Waals surface area contributed by atoms with Gasteiger partial charge in [-0.15, -0.1) is 0 Å². The molecule has 0 aliphatic heterocycles. The highest BCUT2D eigenvalue weighted by Gasteiger charge is 2.25. The van der Waals surface area contributed by atoms with Crippen molar-refractivity contribution in [2.24, 2.45) is 5.73 Å². The largest absolute Gasteiger partial charge is 0.450 e. The van der Waals surface area contributed by atoms with Crippen molar-refractivity contribution in [3.8, 4) is 11.6 Å². The van der Waals surface area contributed by atoms with Gasteiger partial charge in [0, 0.05) is 34.9 Å². The maximum absolute atomic E-state index is 13.1. The normalized spacial score (nSPS) is 12.1. The van der Waals surface area contributed by atoms with Crippen LogP contribution in [-0.4, -0.2) is 43.0 Å². The van der Waals surface area contributed by atoms with Gasteiger partial charge in [0.15, 0.2) is 17.2 Å². The van der Waals surface area contributed by atoms with Gasteiger partial charge in [0.25, 0.3) is 0 Å². The lowest BCUT2D eigenvalue weighted by atomic mass is 10.0. The fourth-order valence-corrected chi connectivity index (χ4v) is 4.46. The number of nitrogens with two attached hydrogens (primary N) is 1. The summed E-state index contributed by atoms with van der Waals surface area (Å²) in [7, 11) is 0. The molecule has 0 atom stereocenters. The van der Waals surface area contributed by atoms with Crippen LogP contribution in [0.25, 0.3) is 45.6 Å². The third-order valence-electron chi connectivity index (χ3n) is 5.80. The van der Waals surface area contributed by atoms with Crippen molar-refractivity contribution in [2.45, 2.75) is 39.2 Å². The Morgan fingerprint density at radius 1 is 1.16 bits per heavy atom. The Bertz CT molecular complexity index is 1650. The van der Waals surface area contributed by atoms with Crippen molar-refractivity contribution < 1.29 is 13.9 Å². The van der Waals surface area contributed by atoms with E-state index in [0.29, 0.717) is 52.8 Å². The summed E-state index contributed by atoms with van der Waals surface area (Å²) < 4.78 is 12.9. The molecule has 5 aromatic rings. The average Bonchev–Trinajstić information content (AvgIpc) is 3.46. The lowest BCUT2D eigenvalue weighted by Crippen LogP contribution is -2.27. The second-order valence-electron chi connectivity index (χ2n) is 9.71. The first-order chi connectivity index (χ1) is 18.3. The first-order valence-electron chi connectivity index (χ1n) is 12.2. The summed E-state index contributed by atoms with van der Waals surface area (Å²) in [6.45, 7) is 5.91. The first kappa shape index (κ1) is 25.6. The number of hydrogen-bond donors (Lipinski definition) is 1. The molecular weight excluding hydrogens is 504 g/mol. The molecule has 0 bridgehead atoms. The molecular formula is C28H27ClN6O3. The summed E-state index contributed by atoms with van der Waals surface area (Å²) in [5, 5.41) is 6.65. The number of furan rings is 1. The van der Waals surface area contributed by atoms with Gasteiger partial charge in [0.05, 0.1) is 16.9 Å². The number of ether oxygens (including phenoxy) is 1. The molecule has 4 heterocycles. The fraction of sp³-hybridized carbons (Fsp3) is 0.250. The molecule has 0 saturated heterocycles. The monoisotopic (exact) mass is 530 g/mol. The Hall–Kier alpha value is -4.08. The third-order valence-corrected chi connectivity index (χ3v) is 6.10. The zero-order valence-corrected chi connectivity index (χ0v) is 22.1. The number of carbonyl (C=O) groups is 1. The third kappa shape index (κ3) is 5.03. The van der Waals surface area contributed by atoms with Crippen LogP contribution in [0.5, 0.6) is 0 Å². The van der Waals surface area contributed by atoms with Crippen molar-refractivity contribution in [2.75, 3.05) is 6.54 Å². The van der Waals surface area contributed by atoms with Crippen LogP contribution in [0.4, 0.5) is 4.79 Å². The summed E-state index contributed by atoms with van der Waals surface area (Å²) >= 11 is 6.62. The second kappa shape index (κ2) is 10.4. The van der Waals surface area contributed by atoms with Crippen molar-refractivity contribution in [1.82, 2.24) is 24.7 Å². The summed E-state index contributed by atoms with van der Waals surface area (Å²) in [6, 6.07) is 7.28. The van der Waals surface area contributed by atoms with Gasteiger partial charge in [-0.1, -0.05) is 23.7 Å². The zero-order chi connectivity index (χ0) is 26.9. The van der Waals surface area contributed by atoms with Crippen molar-refractivity contribution in [3.05, 3.63) is 70.9 Å². The van der Waals surface area contributed by atoms with E-state index in [4.69, 9.17) is 26.5 Å².